The van der Waals surface area contributed by atoms with Gasteiger partial charge in [0.1, 0.15) is 11.5 Å². The van der Waals surface area contributed by atoms with Crippen LogP contribution in [-0.2, 0) is 32.5 Å². The second kappa shape index (κ2) is 19.8. The number of benzene rings is 4. The van der Waals surface area contributed by atoms with E-state index in [9.17, 15) is 0 Å². The molecule has 402 valence electrons. The molecule has 2 aliphatic rings. The SMILES string of the molecule is COc1ccc(OC)c(C#Cc2c3nc(c(-c4cc(C(C)(C)C)cc(C(C)(C)C)c4)c4ccc([nH]4)c(-c4cc(C(C)(C)C)cc(C(C)(C)C)c4)c4nc(c(-c5cc(C(C)(C)C)cc(C(C)(C)C)c5)c5ccc2[nH]5)C=C4)C=C3)c1. The standard InChI is InChI=1S/C72H82N4O2/c1-67(2,3)47-33-44(34-48(40-47)68(4,5)6)64-57-26-24-55(73-57)54(23-21-43-39-53(77-19)22-32-63(43)78-20)56-25-27-58(74-56)65(45-35-49(69(7,8)9)41-50(36-45)70(10,11)12)60-29-31-62(76-60)66(61-30-28-59(64)75-61)46-37-51(71(13,14)15)42-52(38-46)72(16,17)18/h22,24-42,73,76H,1-20H3. The van der Waals surface area contributed by atoms with Gasteiger partial charge in [0.25, 0.3) is 0 Å². The lowest BCUT2D eigenvalue weighted by Crippen LogP contribution is -2.16. The van der Waals surface area contributed by atoms with Crippen LogP contribution in [0.2, 0.25) is 0 Å². The summed E-state index contributed by atoms with van der Waals surface area (Å²) >= 11 is 0. The maximum absolute atomic E-state index is 5.86. The Morgan fingerprint density at radius 3 is 1.00 bits per heavy atom. The lowest BCUT2D eigenvalue weighted by atomic mass is 9.78. The van der Waals surface area contributed by atoms with Gasteiger partial charge in [-0.2, -0.15) is 0 Å². The van der Waals surface area contributed by atoms with Crippen LogP contribution in [0.15, 0.2) is 97.1 Å². The van der Waals surface area contributed by atoms with E-state index in [1.54, 1.807) is 14.2 Å². The van der Waals surface area contributed by atoms with E-state index in [-0.39, 0.29) is 32.5 Å². The van der Waals surface area contributed by atoms with Crippen LogP contribution in [0, 0.1) is 11.8 Å². The van der Waals surface area contributed by atoms with Gasteiger partial charge in [0.05, 0.1) is 53.6 Å². The summed E-state index contributed by atoms with van der Waals surface area (Å²) in [5, 5.41) is 0. The maximum atomic E-state index is 5.86. The van der Waals surface area contributed by atoms with Crippen LogP contribution in [0.3, 0.4) is 0 Å². The summed E-state index contributed by atoms with van der Waals surface area (Å²) in [6.45, 7) is 41.4. The summed E-state index contributed by atoms with van der Waals surface area (Å²) in [6, 6.07) is 35.9. The van der Waals surface area contributed by atoms with Crippen molar-refractivity contribution in [2.24, 2.45) is 0 Å². The van der Waals surface area contributed by atoms with Crippen molar-refractivity contribution in [1.29, 1.82) is 0 Å². The highest BCUT2D eigenvalue weighted by atomic mass is 16.5. The molecule has 0 aliphatic carbocycles. The van der Waals surface area contributed by atoms with E-state index in [2.05, 4.69) is 250 Å². The number of hydrogen-bond acceptors (Lipinski definition) is 4. The Kier molecular flexibility index (Phi) is 14.1. The monoisotopic (exact) mass is 1030 g/mol. The zero-order chi connectivity index (χ0) is 56.7. The maximum Gasteiger partial charge on any atom is 0.134 e. The predicted molar refractivity (Wildman–Crippen MR) is 333 cm³/mol. The van der Waals surface area contributed by atoms with Crippen LogP contribution in [0.1, 0.15) is 192 Å². The van der Waals surface area contributed by atoms with Crippen molar-refractivity contribution in [1.82, 2.24) is 19.9 Å². The number of fused-ring (bicyclic) bond motifs is 8. The van der Waals surface area contributed by atoms with Gasteiger partial charge < -0.3 is 19.4 Å². The third-order valence-electron chi connectivity index (χ3n) is 15.3. The minimum absolute atomic E-state index is 0.110. The quantitative estimate of drug-likeness (QED) is 0.168. The minimum Gasteiger partial charge on any atom is -0.497 e. The summed E-state index contributed by atoms with van der Waals surface area (Å²) in [7, 11) is 3.34. The molecular weight excluding hydrogens is 953 g/mol. The van der Waals surface area contributed by atoms with Crippen molar-refractivity contribution in [3.05, 3.63) is 164 Å². The Hall–Kier alpha value is -7.36. The molecule has 0 spiro atoms. The highest BCUT2D eigenvalue weighted by Gasteiger charge is 2.28. The lowest BCUT2D eigenvalue weighted by Gasteiger charge is -2.26. The van der Waals surface area contributed by atoms with E-state index in [0.717, 1.165) is 83.8 Å². The van der Waals surface area contributed by atoms with E-state index in [1.165, 1.54) is 33.4 Å². The van der Waals surface area contributed by atoms with Crippen LogP contribution in [-0.4, -0.2) is 34.2 Å². The average Bonchev–Trinajstić information content (AvgIpc) is 4.20. The fraction of sp³-hybridized carbons (Fsp3) is 0.361. The Bertz CT molecular complexity index is 3650. The highest BCUT2D eigenvalue weighted by Crippen LogP contribution is 2.43. The molecule has 0 saturated heterocycles. The number of methoxy groups -OCH3 is 2. The Morgan fingerprint density at radius 2 is 0.667 bits per heavy atom. The van der Waals surface area contributed by atoms with Crippen molar-refractivity contribution >= 4 is 46.4 Å². The molecular formula is C72H82N4O2. The molecule has 6 nitrogen and oxygen atoms in total. The number of nitrogens with zero attached hydrogens (tertiary/aromatic N) is 2. The smallest absolute Gasteiger partial charge is 0.134 e. The van der Waals surface area contributed by atoms with Gasteiger partial charge in [-0.1, -0.05) is 191 Å². The number of nitrogens with one attached hydrogen (secondary N) is 2. The molecule has 7 aromatic rings. The van der Waals surface area contributed by atoms with E-state index in [0.29, 0.717) is 17.1 Å². The molecule has 78 heavy (non-hydrogen) atoms. The van der Waals surface area contributed by atoms with Gasteiger partial charge in [0.2, 0.25) is 0 Å². The zero-order valence-corrected chi connectivity index (χ0v) is 50.3. The molecule has 2 N–H and O–H groups in total. The Morgan fingerprint density at radius 1 is 0.346 bits per heavy atom. The average molecular weight is 1040 g/mol. The molecule has 6 heteroatoms. The number of ether oxygens (including phenoxy) is 2. The van der Waals surface area contributed by atoms with E-state index >= 15 is 0 Å². The molecule has 3 aromatic heterocycles. The first-order chi connectivity index (χ1) is 36.3. The molecule has 0 saturated carbocycles. The predicted octanol–water partition coefficient (Wildman–Crippen LogP) is 18.9. The first-order valence-electron chi connectivity index (χ1n) is 27.7. The molecule has 0 atom stereocenters. The van der Waals surface area contributed by atoms with Gasteiger partial charge in [0.15, 0.2) is 0 Å². The molecule has 9 rings (SSSR count). The molecule has 0 fully saturated rings. The molecule has 8 bridgehead atoms. The normalized spacial score (nSPS) is 13.2. The number of aromatic nitrogens is 4. The third-order valence-corrected chi connectivity index (χ3v) is 15.3. The molecule has 5 heterocycles. The fourth-order valence-corrected chi connectivity index (χ4v) is 10.2. The van der Waals surface area contributed by atoms with Gasteiger partial charge in [0, 0.05) is 33.2 Å². The summed E-state index contributed by atoms with van der Waals surface area (Å²) < 4.78 is 11.5. The lowest BCUT2D eigenvalue weighted by molar-refractivity contribution is 0.402. The Balaban J connectivity index is 1.52. The second-order valence-corrected chi connectivity index (χ2v) is 27.7. The molecule has 0 unspecified atom stereocenters. The van der Waals surface area contributed by atoms with E-state index < -0.39 is 0 Å². The van der Waals surface area contributed by atoms with Crippen LogP contribution < -0.4 is 9.47 Å². The third kappa shape index (κ3) is 11.3. The van der Waals surface area contributed by atoms with Crippen LogP contribution in [0.5, 0.6) is 11.5 Å². The molecule has 4 aromatic carbocycles. The van der Waals surface area contributed by atoms with Gasteiger partial charge >= 0.3 is 0 Å². The number of H-pyrrole nitrogens is 2. The summed E-state index contributed by atoms with van der Waals surface area (Å²) in [5.74, 6) is 8.48. The van der Waals surface area contributed by atoms with Crippen LogP contribution in [0.25, 0.3) is 79.8 Å². The largest absolute Gasteiger partial charge is 0.497 e. The van der Waals surface area contributed by atoms with Crippen LogP contribution in [0.4, 0.5) is 0 Å². The second-order valence-electron chi connectivity index (χ2n) is 27.7. The minimum atomic E-state index is -0.118. The van der Waals surface area contributed by atoms with Crippen molar-refractivity contribution in [2.45, 2.75) is 157 Å². The van der Waals surface area contributed by atoms with Gasteiger partial charge in [-0.05, 0) is 149 Å². The molecule has 0 amide bonds. The van der Waals surface area contributed by atoms with Crippen molar-refractivity contribution in [2.75, 3.05) is 14.2 Å². The number of rotatable bonds is 5. The molecule has 2 aliphatic heterocycles. The Labute approximate surface area is 465 Å². The van der Waals surface area contributed by atoms with Crippen molar-refractivity contribution in [3.63, 3.8) is 0 Å². The topological polar surface area (TPSA) is 75.8 Å². The van der Waals surface area contributed by atoms with Gasteiger partial charge in [-0.3, -0.25) is 0 Å². The van der Waals surface area contributed by atoms with Crippen molar-refractivity contribution < 1.29 is 9.47 Å². The summed E-state index contributed by atoms with van der Waals surface area (Å²) in [5.41, 5.74) is 21.7. The summed E-state index contributed by atoms with van der Waals surface area (Å²) in [4.78, 5) is 19.4. The number of aromatic amines is 2. The zero-order valence-electron chi connectivity index (χ0n) is 50.3. The fourth-order valence-electron chi connectivity index (χ4n) is 10.2. The highest BCUT2D eigenvalue weighted by molar-refractivity contribution is 5.98. The van der Waals surface area contributed by atoms with Crippen LogP contribution >= 0.6 is 0 Å². The van der Waals surface area contributed by atoms with Gasteiger partial charge in [-0.25, -0.2) is 9.97 Å². The molecule has 0 radical (unpaired) electrons. The van der Waals surface area contributed by atoms with Crippen molar-refractivity contribution in [3.8, 4) is 56.7 Å². The van der Waals surface area contributed by atoms with Gasteiger partial charge in [-0.15, -0.1) is 0 Å². The first-order valence-corrected chi connectivity index (χ1v) is 27.7. The van der Waals surface area contributed by atoms with E-state index in [1.807, 2.05) is 18.2 Å². The first kappa shape index (κ1) is 55.4. The van der Waals surface area contributed by atoms with E-state index in [4.69, 9.17) is 19.4 Å². The number of hydrogen-bond donors (Lipinski definition) is 2. The summed E-state index contributed by atoms with van der Waals surface area (Å²) in [6.07, 6.45) is 8.70.